The molecular weight excluding hydrogens is 300 g/mol. The van der Waals surface area contributed by atoms with Crippen molar-refractivity contribution >= 4 is 17.5 Å². The van der Waals surface area contributed by atoms with E-state index in [1.165, 1.54) is 5.56 Å². The van der Waals surface area contributed by atoms with Gasteiger partial charge in [-0.2, -0.15) is 4.52 Å². The Hall–Kier alpha value is -2.73. The molecule has 0 N–H and O–H groups in total. The van der Waals surface area contributed by atoms with Gasteiger partial charge in [0.1, 0.15) is 12.1 Å². The second kappa shape index (κ2) is 6.80. The fraction of sp³-hybridized carbons (Fsp3) is 0.278. The van der Waals surface area contributed by atoms with Gasteiger partial charge in [0.2, 0.25) is 0 Å². The summed E-state index contributed by atoms with van der Waals surface area (Å²) in [4.78, 5) is 4.78. The van der Waals surface area contributed by atoms with Crippen molar-refractivity contribution in [2.75, 3.05) is 37.6 Å². The van der Waals surface area contributed by atoms with Gasteiger partial charge in [0.15, 0.2) is 5.65 Å². The van der Waals surface area contributed by atoms with Crippen molar-refractivity contribution in [2.45, 2.75) is 0 Å². The number of hydrogen-bond acceptors (Lipinski definition) is 5. The van der Waals surface area contributed by atoms with Crippen LogP contribution in [0.25, 0.3) is 11.7 Å². The highest BCUT2D eigenvalue weighted by Gasteiger charge is 2.17. The number of fused-ring (bicyclic) bond motifs is 1. The molecule has 0 saturated carbocycles. The van der Waals surface area contributed by atoms with E-state index in [-0.39, 0.29) is 0 Å². The number of piperazine rings is 1. The van der Waals surface area contributed by atoms with Gasteiger partial charge in [0.25, 0.3) is 0 Å². The van der Waals surface area contributed by atoms with Crippen LogP contribution < -0.4 is 4.90 Å². The number of benzene rings is 1. The summed E-state index contributed by atoms with van der Waals surface area (Å²) < 4.78 is 1.73. The Morgan fingerprint density at radius 1 is 0.958 bits per heavy atom. The lowest BCUT2D eigenvalue weighted by atomic mass is 10.2. The molecule has 0 amide bonds. The molecule has 0 atom stereocenters. The van der Waals surface area contributed by atoms with E-state index < -0.39 is 0 Å². The molecule has 0 unspecified atom stereocenters. The van der Waals surface area contributed by atoms with Crippen molar-refractivity contribution in [1.29, 1.82) is 0 Å². The van der Waals surface area contributed by atoms with Gasteiger partial charge in [-0.15, -0.1) is 15.3 Å². The molecule has 1 saturated heterocycles. The summed E-state index contributed by atoms with van der Waals surface area (Å²) in [5, 5.41) is 12.4. The van der Waals surface area contributed by atoms with E-state index in [9.17, 15) is 0 Å². The van der Waals surface area contributed by atoms with Gasteiger partial charge in [0.05, 0.1) is 0 Å². The molecule has 6 nitrogen and oxygen atoms in total. The normalized spacial score (nSPS) is 16.2. The first-order valence-electron chi connectivity index (χ1n) is 8.24. The van der Waals surface area contributed by atoms with Crippen molar-refractivity contribution in [3.05, 3.63) is 60.4 Å². The predicted molar refractivity (Wildman–Crippen MR) is 94.9 cm³/mol. The number of nitrogens with zero attached hydrogens (tertiary/aromatic N) is 6. The third-order valence-corrected chi connectivity index (χ3v) is 4.32. The standard InChI is InChI=1S/C18H20N6/c1-2-5-16(6-3-1)7-4-10-22-11-13-23(14-12-22)18-9-8-17-20-19-15-24(17)21-18/h1-9,15H,10-14H2. The van der Waals surface area contributed by atoms with Crippen LogP contribution in [0.3, 0.4) is 0 Å². The summed E-state index contributed by atoms with van der Waals surface area (Å²) >= 11 is 0. The summed E-state index contributed by atoms with van der Waals surface area (Å²) in [6, 6.07) is 14.4. The molecule has 6 heteroatoms. The first-order valence-corrected chi connectivity index (χ1v) is 8.24. The van der Waals surface area contributed by atoms with Gasteiger partial charge in [-0.25, -0.2) is 0 Å². The van der Waals surface area contributed by atoms with Gasteiger partial charge < -0.3 is 4.90 Å². The van der Waals surface area contributed by atoms with E-state index in [2.05, 4.69) is 61.5 Å². The topological polar surface area (TPSA) is 49.6 Å². The maximum Gasteiger partial charge on any atom is 0.177 e. The minimum atomic E-state index is 0.781. The van der Waals surface area contributed by atoms with Crippen LogP contribution in [0.1, 0.15) is 5.56 Å². The Morgan fingerprint density at radius 2 is 1.79 bits per heavy atom. The number of aromatic nitrogens is 4. The molecular formula is C18H20N6. The van der Waals surface area contributed by atoms with Crippen molar-refractivity contribution in [3.8, 4) is 0 Å². The zero-order valence-corrected chi connectivity index (χ0v) is 13.5. The summed E-state index contributed by atoms with van der Waals surface area (Å²) in [5.74, 6) is 0.988. The SMILES string of the molecule is C(=Cc1ccccc1)CN1CCN(c2ccc3nncn3n2)CC1. The number of anilines is 1. The minimum Gasteiger partial charge on any atom is -0.353 e. The fourth-order valence-electron chi connectivity index (χ4n) is 2.95. The Bertz CT molecular complexity index is 818. The molecule has 1 aliphatic heterocycles. The van der Waals surface area contributed by atoms with Gasteiger partial charge in [-0.3, -0.25) is 4.90 Å². The Morgan fingerprint density at radius 3 is 2.62 bits per heavy atom. The summed E-state index contributed by atoms with van der Waals surface area (Å²) in [7, 11) is 0. The van der Waals surface area contributed by atoms with Gasteiger partial charge in [0, 0.05) is 32.7 Å². The lowest BCUT2D eigenvalue weighted by Crippen LogP contribution is -2.46. The zero-order valence-electron chi connectivity index (χ0n) is 13.5. The average molecular weight is 320 g/mol. The first-order chi connectivity index (χ1) is 11.9. The van der Waals surface area contributed by atoms with Crippen LogP contribution in [0, 0.1) is 0 Å². The molecule has 122 valence electrons. The van der Waals surface area contributed by atoms with Crippen molar-refractivity contribution in [1.82, 2.24) is 24.7 Å². The molecule has 4 rings (SSSR count). The lowest BCUT2D eigenvalue weighted by Gasteiger charge is -2.34. The molecule has 3 heterocycles. The Kier molecular flexibility index (Phi) is 4.20. The van der Waals surface area contributed by atoms with E-state index in [0.717, 1.165) is 44.2 Å². The van der Waals surface area contributed by atoms with Crippen molar-refractivity contribution in [3.63, 3.8) is 0 Å². The highest BCUT2D eigenvalue weighted by molar-refractivity contribution is 5.49. The third kappa shape index (κ3) is 3.28. The molecule has 2 aromatic heterocycles. The van der Waals surface area contributed by atoms with Crippen LogP contribution in [0.5, 0.6) is 0 Å². The maximum absolute atomic E-state index is 4.57. The molecule has 0 bridgehead atoms. The largest absolute Gasteiger partial charge is 0.353 e. The molecule has 3 aromatic rings. The van der Waals surface area contributed by atoms with Crippen LogP contribution in [0.4, 0.5) is 5.82 Å². The van der Waals surface area contributed by atoms with E-state index in [1.807, 2.05) is 18.2 Å². The van der Waals surface area contributed by atoms with Crippen LogP contribution in [0.15, 0.2) is 54.9 Å². The average Bonchev–Trinajstić information content (AvgIpc) is 3.11. The fourth-order valence-corrected chi connectivity index (χ4v) is 2.95. The van der Waals surface area contributed by atoms with Gasteiger partial charge >= 0.3 is 0 Å². The van der Waals surface area contributed by atoms with Crippen LogP contribution in [0.2, 0.25) is 0 Å². The summed E-state index contributed by atoms with van der Waals surface area (Å²) in [5.41, 5.74) is 2.03. The smallest absolute Gasteiger partial charge is 0.177 e. The highest BCUT2D eigenvalue weighted by Crippen LogP contribution is 2.14. The van der Waals surface area contributed by atoms with Crippen molar-refractivity contribution in [2.24, 2.45) is 0 Å². The monoisotopic (exact) mass is 320 g/mol. The summed E-state index contributed by atoms with van der Waals surface area (Å²) in [6.45, 7) is 5.04. The minimum absolute atomic E-state index is 0.781. The first kappa shape index (κ1) is 14.8. The third-order valence-electron chi connectivity index (χ3n) is 4.32. The van der Waals surface area contributed by atoms with Gasteiger partial charge in [-0.1, -0.05) is 42.5 Å². The van der Waals surface area contributed by atoms with E-state index in [1.54, 1.807) is 10.8 Å². The van der Waals surface area contributed by atoms with Crippen molar-refractivity contribution < 1.29 is 0 Å². The summed E-state index contributed by atoms with van der Waals surface area (Å²) in [6.07, 6.45) is 6.07. The number of hydrogen-bond donors (Lipinski definition) is 0. The second-order valence-electron chi connectivity index (χ2n) is 5.93. The van der Waals surface area contributed by atoms with E-state index in [4.69, 9.17) is 0 Å². The van der Waals surface area contributed by atoms with Crippen LogP contribution in [-0.2, 0) is 0 Å². The Labute approximate surface area is 141 Å². The molecule has 1 aromatic carbocycles. The van der Waals surface area contributed by atoms with E-state index in [0.29, 0.717) is 0 Å². The van der Waals surface area contributed by atoms with Gasteiger partial charge in [-0.05, 0) is 17.7 Å². The van der Waals surface area contributed by atoms with Crippen LogP contribution >= 0.6 is 0 Å². The molecule has 0 spiro atoms. The maximum atomic E-state index is 4.57. The second-order valence-corrected chi connectivity index (χ2v) is 5.93. The van der Waals surface area contributed by atoms with E-state index >= 15 is 0 Å². The molecule has 1 aliphatic rings. The van der Waals surface area contributed by atoms with Crippen LogP contribution in [-0.4, -0.2) is 57.4 Å². The highest BCUT2D eigenvalue weighted by atomic mass is 15.4. The molecule has 24 heavy (non-hydrogen) atoms. The zero-order chi connectivity index (χ0) is 16.2. The number of rotatable bonds is 4. The molecule has 0 aliphatic carbocycles. The Balaban J connectivity index is 1.32. The molecule has 0 radical (unpaired) electrons. The predicted octanol–water partition coefficient (Wildman–Crippen LogP) is 1.96. The molecule has 1 fully saturated rings. The lowest BCUT2D eigenvalue weighted by molar-refractivity contribution is 0.283. The quantitative estimate of drug-likeness (QED) is 0.735.